The second-order valence-electron chi connectivity index (χ2n) is 6.11. The lowest BCUT2D eigenvalue weighted by atomic mass is 9.99. The molecule has 8 heteroatoms. The first-order valence-electron chi connectivity index (χ1n) is 7.57. The number of carboxylic acid groups (broad SMARTS) is 1. The van der Waals surface area contributed by atoms with Gasteiger partial charge in [0.05, 0.1) is 17.8 Å². The molecule has 2 aromatic rings. The summed E-state index contributed by atoms with van der Waals surface area (Å²) in [7, 11) is 0. The van der Waals surface area contributed by atoms with Gasteiger partial charge in [-0.05, 0) is 36.6 Å². The Hall–Kier alpha value is -2.77. The average Bonchev–Trinajstić information content (AvgIpc) is 3.13. The molecule has 1 amide bonds. The molecule has 0 spiro atoms. The number of halogens is 1. The topological polar surface area (TPSA) is 88.3 Å². The first-order valence-corrected chi connectivity index (χ1v) is 7.57. The van der Waals surface area contributed by atoms with Crippen molar-refractivity contribution >= 4 is 11.9 Å². The number of carbonyl (C=O) groups excluding carboxylic acids is 1. The zero-order valence-electron chi connectivity index (χ0n) is 13.3. The highest BCUT2D eigenvalue weighted by molar-refractivity contribution is 5.92. The SMILES string of the molecule is Cc1cc(F)ccc1-n1cc(C(=O)N2C[C@@H](C)[C@H](C(=O)O)C2)nn1. The fraction of sp³-hybridized carbons (Fsp3) is 0.375. The molecule has 0 bridgehead atoms. The summed E-state index contributed by atoms with van der Waals surface area (Å²) >= 11 is 0. The van der Waals surface area contributed by atoms with Gasteiger partial charge in [-0.2, -0.15) is 0 Å². The molecular formula is C16H17FN4O3. The first-order chi connectivity index (χ1) is 11.4. The van der Waals surface area contributed by atoms with Crippen LogP contribution in [0.5, 0.6) is 0 Å². The van der Waals surface area contributed by atoms with E-state index in [9.17, 15) is 14.0 Å². The molecule has 1 aromatic heterocycles. The van der Waals surface area contributed by atoms with Crippen molar-refractivity contribution < 1.29 is 19.1 Å². The van der Waals surface area contributed by atoms with Crippen molar-refractivity contribution in [3.63, 3.8) is 0 Å². The first kappa shape index (κ1) is 16.1. The van der Waals surface area contributed by atoms with Crippen molar-refractivity contribution in [3.05, 3.63) is 41.5 Å². The predicted octanol–water partition coefficient (Wildman–Crippen LogP) is 1.51. The van der Waals surface area contributed by atoms with E-state index in [0.29, 0.717) is 17.8 Å². The lowest BCUT2D eigenvalue weighted by Crippen LogP contribution is -2.30. The van der Waals surface area contributed by atoms with Crippen molar-refractivity contribution in [2.75, 3.05) is 13.1 Å². The summed E-state index contributed by atoms with van der Waals surface area (Å²) in [6.45, 7) is 4.09. The van der Waals surface area contributed by atoms with E-state index < -0.39 is 11.9 Å². The molecule has 0 saturated carbocycles. The van der Waals surface area contributed by atoms with Crippen LogP contribution in [0.15, 0.2) is 24.4 Å². The van der Waals surface area contributed by atoms with Crippen LogP contribution in [-0.4, -0.2) is 50.0 Å². The number of carbonyl (C=O) groups is 2. The fourth-order valence-corrected chi connectivity index (χ4v) is 2.97. The number of carboxylic acids is 1. The smallest absolute Gasteiger partial charge is 0.308 e. The van der Waals surface area contributed by atoms with Crippen LogP contribution >= 0.6 is 0 Å². The summed E-state index contributed by atoms with van der Waals surface area (Å²) in [5.41, 5.74) is 1.43. The van der Waals surface area contributed by atoms with Crippen molar-refractivity contribution in [1.29, 1.82) is 0 Å². The van der Waals surface area contributed by atoms with E-state index in [4.69, 9.17) is 5.11 Å². The zero-order valence-corrected chi connectivity index (χ0v) is 13.3. The molecule has 126 valence electrons. The van der Waals surface area contributed by atoms with Crippen LogP contribution in [0.1, 0.15) is 23.0 Å². The molecule has 0 unspecified atom stereocenters. The maximum atomic E-state index is 13.2. The molecule has 24 heavy (non-hydrogen) atoms. The Labute approximate surface area is 137 Å². The number of likely N-dealkylation sites (tertiary alicyclic amines) is 1. The van der Waals surface area contributed by atoms with Crippen molar-refractivity contribution in [1.82, 2.24) is 19.9 Å². The van der Waals surface area contributed by atoms with Gasteiger partial charge in [-0.25, -0.2) is 9.07 Å². The van der Waals surface area contributed by atoms with Gasteiger partial charge in [0.1, 0.15) is 5.82 Å². The lowest BCUT2D eigenvalue weighted by molar-refractivity contribution is -0.142. The van der Waals surface area contributed by atoms with Crippen LogP contribution in [0.4, 0.5) is 4.39 Å². The quantitative estimate of drug-likeness (QED) is 0.920. The normalized spacial score (nSPS) is 20.4. The largest absolute Gasteiger partial charge is 0.481 e. The maximum Gasteiger partial charge on any atom is 0.308 e. The third-order valence-corrected chi connectivity index (χ3v) is 4.33. The lowest BCUT2D eigenvalue weighted by Gasteiger charge is -2.13. The highest BCUT2D eigenvalue weighted by atomic mass is 19.1. The molecule has 1 fully saturated rings. The summed E-state index contributed by atoms with van der Waals surface area (Å²) in [4.78, 5) is 25.2. The number of rotatable bonds is 3. The number of amides is 1. The Morgan fingerprint density at radius 2 is 2.08 bits per heavy atom. The Morgan fingerprint density at radius 1 is 1.33 bits per heavy atom. The number of hydrogen-bond donors (Lipinski definition) is 1. The van der Waals surface area contributed by atoms with Gasteiger partial charge in [0, 0.05) is 13.1 Å². The Kier molecular flexibility index (Phi) is 4.04. The van der Waals surface area contributed by atoms with Gasteiger partial charge in [-0.15, -0.1) is 5.10 Å². The van der Waals surface area contributed by atoms with Crippen molar-refractivity contribution in [2.45, 2.75) is 13.8 Å². The number of benzene rings is 1. The Balaban J connectivity index is 1.81. The van der Waals surface area contributed by atoms with E-state index in [1.807, 2.05) is 6.92 Å². The molecule has 7 nitrogen and oxygen atoms in total. The molecule has 3 rings (SSSR count). The number of hydrogen-bond acceptors (Lipinski definition) is 4. The van der Waals surface area contributed by atoms with Crippen LogP contribution in [0.3, 0.4) is 0 Å². The summed E-state index contributed by atoms with van der Waals surface area (Å²) < 4.78 is 14.6. The third-order valence-electron chi connectivity index (χ3n) is 4.33. The molecule has 2 atom stereocenters. The van der Waals surface area contributed by atoms with E-state index >= 15 is 0 Å². The van der Waals surface area contributed by atoms with Gasteiger partial charge in [0.2, 0.25) is 0 Å². The molecule has 2 heterocycles. The van der Waals surface area contributed by atoms with Crippen LogP contribution in [0.25, 0.3) is 5.69 Å². The van der Waals surface area contributed by atoms with Gasteiger partial charge in [-0.3, -0.25) is 9.59 Å². The summed E-state index contributed by atoms with van der Waals surface area (Å²) in [6, 6.07) is 4.25. The van der Waals surface area contributed by atoms with Gasteiger partial charge >= 0.3 is 5.97 Å². The number of aryl methyl sites for hydroxylation is 1. The minimum Gasteiger partial charge on any atom is -0.481 e. The number of aromatic nitrogens is 3. The van der Waals surface area contributed by atoms with Gasteiger partial charge in [0.15, 0.2) is 5.69 Å². The second kappa shape index (κ2) is 6.03. The van der Waals surface area contributed by atoms with Gasteiger partial charge < -0.3 is 10.0 Å². The average molecular weight is 332 g/mol. The minimum atomic E-state index is -0.900. The molecule has 0 aliphatic carbocycles. The summed E-state index contributed by atoms with van der Waals surface area (Å²) in [5, 5.41) is 17.0. The maximum absolute atomic E-state index is 13.2. The van der Waals surface area contributed by atoms with Gasteiger partial charge in [0.25, 0.3) is 5.91 Å². The van der Waals surface area contributed by atoms with E-state index in [1.54, 1.807) is 13.0 Å². The zero-order chi connectivity index (χ0) is 17.4. The van der Waals surface area contributed by atoms with E-state index in [0.717, 1.165) is 0 Å². The predicted molar refractivity (Wildman–Crippen MR) is 82.2 cm³/mol. The Morgan fingerprint density at radius 3 is 2.71 bits per heavy atom. The van der Waals surface area contributed by atoms with E-state index in [-0.39, 0.29) is 29.9 Å². The van der Waals surface area contributed by atoms with Crippen LogP contribution < -0.4 is 0 Å². The molecule has 1 aliphatic heterocycles. The Bertz CT molecular complexity index is 804. The molecular weight excluding hydrogens is 315 g/mol. The molecule has 1 saturated heterocycles. The molecule has 1 aromatic carbocycles. The minimum absolute atomic E-state index is 0.110. The van der Waals surface area contributed by atoms with Crippen LogP contribution in [0.2, 0.25) is 0 Å². The standard InChI is InChI=1S/C16H17FN4O3/c1-9-5-11(17)3-4-14(9)21-8-13(18-19-21)15(22)20-6-10(2)12(7-20)16(23)24/h3-5,8,10,12H,6-7H2,1-2H3,(H,23,24)/t10-,12-/m1/s1. The number of nitrogens with zero attached hydrogens (tertiary/aromatic N) is 4. The highest BCUT2D eigenvalue weighted by Crippen LogP contribution is 2.24. The van der Waals surface area contributed by atoms with E-state index in [2.05, 4.69) is 10.3 Å². The molecule has 1 N–H and O–H groups in total. The van der Waals surface area contributed by atoms with Crippen LogP contribution in [-0.2, 0) is 4.79 Å². The third kappa shape index (κ3) is 2.86. The second-order valence-corrected chi connectivity index (χ2v) is 6.11. The van der Waals surface area contributed by atoms with Gasteiger partial charge in [-0.1, -0.05) is 12.1 Å². The summed E-state index contributed by atoms with van der Waals surface area (Å²) in [6.07, 6.45) is 1.47. The molecule has 0 radical (unpaired) electrons. The number of aliphatic carboxylic acids is 1. The van der Waals surface area contributed by atoms with Crippen molar-refractivity contribution in [3.8, 4) is 5.69 Å². The fourth-order valence-electron chi connectivity index (χ4n) is 2.97. The van der Waals surface area contributed by atoms with E-state index in [1.165, 1.54) is 27.9 Å². The molecule has 1 aliphatic rings. The van der Waals surface area contributed by atoms with Crippen molar-refractivity contribution in [2.24, 2.45) is 11.8 Å². The highest BCUT2D eigenvalue weighted by Gasteiger charge is 2.37. The van der Waals surface area contributed by atoms with Crippen LogP contribution in [0, 0.1) is 24.6 Å². The monoisotopic (exact) mass is 332 g/mol. The summed E-state index contributed by atoms with van der Waals surface area (Å²) in [5.74, 6) is -2.28.